The maximum absolute atomic E-state index is 13.9. The molecule has 0 saturated carbocycles. The van der Waals surface area contributed by atoms with Gasteiger partial charge in [0, 0.05) is 13.0 Å². The van der Waals surface area contributed by atoms with Gasteiger partial charge in [-0.25, -0.2) is 5.01 Å². The number of halogens is 3. The van der Waals surface area contributed by atoms with Crippen molar-refractivity contribution in [1.82, 2.24) is 10.4 Å². The molecule has 0 spiro atoms. The minimum atomic E-state index is -4.52. The summed E-state index contributed by atoms with van der Waals surface area (Å²) in [6.45, 7) is 2.81. The first-order chi connectivity index (χ1) is 14.4. The smallest absolute Gasteiger partial charge is 0.409 e. The maximum Gasteiger partial charge on any atom is 0.409 e. The van der Waals surface area contributed by atoms with Crippen molar-refractivity contribution in [2.75, 3.05) is 13.2 Å². The SMILES string of the molecule is CCCCCCCCOc1ccc2c(C(N3CCC(=O)N3)C(F)(F)F)cccc2c1. The van der Waals surface area contributed by atoms with Crippen LogP contribution in [0.1, 0.15) is 63.5 Å². The normalized spacial score (nSPS) is 16.1. The molecule has 164 valence electrons. The topological polar surface area (TPSA) is 41.6 Å². The lowest BCUT2D eigenvalue weighted by Crippen LogP contribution is -2.43. The zero-order valence-corrected chi connectivity index (χ0v) is 17.3. The second-order valence-electron chi connectivity index (χ2n) is 7.77. The van der Waals surface area contributed by atoms with Crippen LogP contribution in [0.15, 0.2) is 36.4 Å². The Morgan fingerprint density at radius 2 is 1.87 bits per heavy atom. The monoisotopic (exact) mass is 422 g/mol. The molecule has 1 atom stereocenters. The van der Waals surface area contributed by atoms with Crippen molar-refractivity contribution in [3.05, 3.63) is 42.0 Å². The van der Waals surface area contributed by atoms with E-state index < -0.39 is 18.1 Å². The van der Waals surface area contributed by atoms with Gasteiger partial charge in [0.1, 0.15) is 5.75 Å². The van der Waals surface area contributed by atoms with Gasteiger partial charge in [-0.1, -0.05) is 63.3 Å². The lowest BCUT2D eigenvalue weighted by atomic mass is 9.97. The number of fused-ring (bicyclic) bond motifs is 1. The molecule has 2 aromatic rings. The molecule has 4 nitrogen and oxygen atoms in total. The highest BCUT2D eigenvalue weighted by molar-refractivity contribution is 5.87. The Morgan fingerprint density at radius 1 is 1.10 bits per heavy atom. The van der Waals surface area contributed by atoms with E-state index in [0.717, 1.165) is 17.9 Å². The fourth-order valence-corrected chi connectivity index (χ4v) is 3.90. The van der Waals surface area contributed by atoms with Gasteiger partial charge in [-0.05, 0) is 34.9 Å². The summed E-state index contributed by atoms with van der Waals surface area (Å²) in [5.74, 6) is 0.265. The van der Waals surface area contributed by atoms with Crippen LogP contribution >= 0.6 is 0 Å². The number of nitrogens with one attached hydrogen (secondary N) is 1. The van der Waals surface area contributed by atoms with Crippen molar-refractivity contribution in [1.29, 1.82) is 0 Å². The molecule has 1 aliphatic rings. The number of benzene rings is 2. The molecule has 0 aliphatic carbocycles. The van der Waals surface area contributed by atoms with Crippen LogP contribution in [-0.4, -0.2) is 30.2 Å². The molecule has 0 aromatic heterocycles. The summed E-state index contributed by atoms with van der Waals surface area (Å²) in [4.78, 5) is 11.5. The predicted octanol–water partition coefficient (Wildman–Crippen LogP) is 5.92. The Morgan fingerprint density at radius 3 is 2.57 bits per heavy atom. The number of carbonyl (C=O) groups excluding carboxylic acids is 1. The Balaban J connectivity index is 1.73. The number of ether oxygens (including phenoxy) is 1. The van der Waals surface area contributed by atoms with Gasteiger partial charge in [0.2, 0.25) is 5.91 Å². The molecule has 2 aromatic carbocycles. The van der Waals surface area contributed by atoms with Crippen LogP contribution < -0.4 is 10.2 Å². The molecular weight excluding hydrogens is 393 g/mol. The number of hydrogen-bond donors (Lipinski definition) is 1. The first-order valence-electron chi connectivity index (χ1n) is 10.7. The number of carbonyl (C=O) groups is 1. The van der Waals surface area contributed by atoms with Gasteiger partial charge in [0.25, 0.3) is 0 Å². The van der Waals surface area contributed by atoms with Crippen molar-refractivity contribution < 1.29 is 22.7 Å². The van der Waals surface area contributed by atoms with Crippen molar-refractivity contribution in [2.45, 2.75) is 64.1 Å². The van der Waals surface area contributed by atoms with E-state index in [2.05, 4.69) is 12.3 Å². The molecule has 3 rings (SSSR count). The fraction of sp³-hybridized carbons (Fsp3) is 0.522. The van der Waals surface area contributed by atoms with E-state index >= 15 is 0 Å². The standard InChI is InChI=1S/C23H29F3N2O2/c1-2-3-4-5-6-7-15-30-18-11-12-19-17(16-18)9-8-10-20(19)22(23(24,25)26)28-14-13-21(29)27-28/h8-12,16,22H,2-7,13-15H2,1H3,(H,27,29). The minimum absolute atomic E-state index is 0.0266. The summed E-state index contributed by atoms with van der Waals surface area (Å²) in [6, 6.07) is 8.17. The van der Waals surface area contributed by atoms with E-state index in [1.807, 2.05) is 0 Å². The molecule has 7 heteroatoms. The second-order valence-corrected chi connectivity index (χ2v) is 7.77. The molecule has 0 bridgehead atoms. The van der Waals surface area contributed by atoms with Crippen molar-refractivity contribution >= 4 is 16.7 Å². The summed E-state index contributed by atoms with van der Waals surface area (Å²) in [5.41, 5.74) is 2.47. The molecule has 1 aliphatic heterocycles. The summed E-state index contributed by atoms with van der Waals surface area (Å²) >= 11 is 0. The Labute approximate surface area is 175 Å². The lowest BCUT2D eigenvalue weighted by Gasteiger charge is -2.30. The Kier molecular flexibility index (Phi) is 7.58. The van der Waals surface area contributed by atoms with Crippen LogP contribution in [0.25, 0.3) is 10.8 Å². The highest BCUT2D eigenvalue weighted by Crippen LogP contribution is 2.41. The summed E-state index contributed by atoms with van der Waals surface area (Å²) in [7, 11) is 0. The maximum atomic E-state index is 13.9. The van der Waals surface area contributed by atoms with E-state index in [0.29, 0.717) is 23.1 Å². The largest absolute Gasteiger partial charge is 0.494 e. The van der Waals surface area contributed by atoms with Gasteiger partial charge in [-0.3, -0.25) is 10.2 Å². The molecule has 1 N–H and O–H groups in total. The number of rotatable bonds is 10. The molecule has 30 heavy (non-hydrogen) atoms. The number of alkyl halides is 3. The van der Waals surface area contributed by atoms with E-state index in [1.165, 1.54) is 31.7 Å². The molecule has 1 amide bonds. The molecule has 1 unspecified atom stereocenters. The first-order valence-corrected chi connectivity index (χ1v) is 10.7. The lowest BCUT2D eigenvalue weighted by molar-refractivity contribution is -0.190. The zero-order chi connectivity index (χ0) is 21.6. The number of amides is 1. The molecule has 1 heterocycles. The van der Waals surface area contributed by atoms with Gasteiger partial charge in [-0.2, -0.15) is 13.2 Å². The molecule has 1 saturated heterocycles. The van der Waals surface area contributed by atoms with E-state index in [9.17, 15) is 18.0 Å². The quantitative estimate of drug-likeness (QED) is 0.483. The van der Waals surface area contributed by atoms with Crippen LogP contribution in [0.5, 0.6) is 5.75 Å². The second kappa shape index (κ2) is 10.2. The van der Waals surface area contributed by atoms with E-state index in [4.69, 9.17) is 4.74 Å². The fourth-order valence-electron chi connectivity index (χ4n) is 3.90. The third-order valence-corrected chi connectivity index (χ3v) is 5.42. The Bertz CT molecular complexity index is 854. The van der Waals surface area contributed by atoms with Crippen LogP contribution in [0.3, 0.4) is 0 Å². The van der Waals surface area contributed by atoms with E-state index in [1.54, 1.807) is 30.3 Å². The third-order valence-electron chi connectivity index (χ3n) is 5.42. The predicted molar refractivity (Wildman–Crippen MR) is 111 cm³/mol. The average molecular weight is 422 g/mol. The van der Waals surface area contributed by atoms with Crippen molar-refractivity contribution in [3.63, 3.8) is 0 Å². The van der Waals surface area contributed by atoms with Crippen molar-refractivity contribution in [3.8, 4) is 5.75 Å². The summed E-state index contributed by atoms with van der Waals surface area (Å²) in [5, 5.41) is 2.18. The number of unbranched alkanes of at least 4 members (excludes halogenated alkanes) is 5. The van der Waals surface area contributed by atoms with Gasteiger partial charge in [0.15, 0.2) is 6.04 Å². The highest BCUT2D eigenvalue weighted by Gasteiger charge is 2.47. The van der Waals surface area contributed by atoms with Gasteiger partial charge < -0.3 is 4.74 Å². The molecular formula is C23H29F3N2O2. The number of hydrogen-bond acceptors (Lipinski definition) is 3. The third kappa shape index (κ3) is 5.65. The van der Waals surface area contributed by atoms with Crippen LogP contribution in [-0.2, 0) is 4.79 Å². The average Bonchev–Trinajstić information content (AvgIpc) is 3.12. The zero-order valence-electron chi connectivity index (χ0n) is 17.3. The summed E-state index contributed by atoms with van der Waals surface area (Å²) in [6.07, 6.45) is 2.55. The number of hydrazine groups is 1. The first kappa shape index (κ1) is 22.4. The van der Waals surface area contributed by atoms with Crippen LogP contribution in [0, 0.1) is 0 Å². The van der Waals surface area contributed by atoms with E-state index in [-0.39, 0.29) is 18.5 Å². The molecule has 1 fully saturated rings. The number of nitrogens with zero attached hydrogens (tertiary/aromatic N) is 1. The Hall–Kier alpha value is -2.28. The van der Waals surface area contributed by atoms with Crippen LogP contribution in [0.4, 0.5) is 13.2 Å². The van der Waals surface area contributed by atoms with Gasteiger partial charge in [-0.15, -0.1) is 0 Å². The van der Waals surface area contributed by atoms with Crippen LogP contribution in [0.2, 0.25) is 0 Å². The molecule has 0 radical (unpaired) electrons. The minimum Gasteiger partial charge on any atom is -0.494 e. The summed E-state index contributed by atoms with van der Waals surface area (Å²) < 4.78 is 47.5. The van der Waals surface area contributed by atoms with Gasteiger partial charge >= 0.3 is 6.18 Å². The highest BCUT2D eigenvalue weighted by atomic mass is 19.4. The van der Waals surface area contributed by atoms with Crippen molar-refractivity contribution in [2.24, 2.45) is 0 Å². The van der Waals surface area contributed by atoms with Gasteiger partial charge in [0.05, 0.1) is 6.61 Å².